The summed E-state index contributed by atoms with van der Waals surface area (Å²) < 4.78 is 12.1. The second kappa shape index (κ2) is 11.1. The van der Waals surface area contributed by atoms with Gasteiger partial charge in [-0.05, 0) is 29.3 Å². The average Bonchev–Trinajstić information content (AvgIpc) is 3.11. The number of rotatable bonds is 9. The Morgan fingerprint density at radius 3 is 2.68 bits per heavy atom. The molecule has 0 aliphatic rings. The highest BCUT2D eigenvalue weighted by Gasteiger charge is 2.07. The summed E-state index contributed by atoms with van der Waals surface area (Å²) >= 11 is 1.80. The number of hydrogen-bond donors (Lipinski definition) is 2. The van der Waals surface area contributed by atoms with Crippen LogP contribution >= 0.6 is 11.3 Å². The van der Waals surface area contributed by atoms with Gasteiger partial charge in [0.25, 0.3) is 0 Å². The van der Waals surface area contributed by atoms with Crippen molar-refractivity contribution >= 4 is 28.1 Å². The lowest BCUT2D eigenvalue weighted by Gasteiger charge is -2.15. The summed E-state index contributed by atoms with van der Waals surface area (Å²) in [6, 6.07) is 14.2. The molecule has 2 atom stereocenters. The standard InChI is InChI=1S/C19H27N3OS2/c1-16(13-18-9-6-11-24-18)14-22-19(20-2)21-10-12-25(23)15-17-7-4-3-5-8-17/h3-9,11,16H,10,12-15H2,1-2H3,(H2,20,21,22). The fraction of sp³-hybridized carbons (Fsp3) is 0.421. The minimum absolute atomic E-state index is 0.532. The van der Waals surface area contributed by atoms with Crippen molar-refractivity contribution in [3.8, 4) is 0 Å². The van der Waals surface area contributed by atoms with Crippen LogP contribution < -0.4 is 10.6 Å². The molecule has 6 heteroatoms. The van der Waals surface area contributed by atoms with Crippen molar-refractivity contribution in [1.29, 1.82) is 0 Å². The van der Waals surface area contributed by atoms with Crippen LogP contribution in [0, 0.1) is 5.92 Å². The molecule has 1 aromatic heterocycles. The van der Waals surface area contributed by atoms with Gasteiger partial charge in [0.05, 0.1) is 0 Å². The van der Waals surface area contributed by atoms with E-state index in [2.05, 4.69) is 40.1 Å². The number of aliphatic imine (C=N–C) groups is 1. The molecule has 1 heterocycles. The second-order valence-corrected chi connectivity index (χ2v) is 8.65. The highest BCUT2D eigenvalue weighted by molar-refractivity contribution is 7.84. The molecule has 0 radical (unpaired) electrons. The summed E-state index contributed by atoms with van der Waals surface area (Å²) in [5.74, 6) is 2.52. The summed E-state index contributed by atoms with van der Waals surface area (Å²) in [7, 11) is 0.896. The Balaban J connectivity index is 1.63. The SMILES string of the molecule is CN=C(NCCS(=O)Cc1ccccc1)NCC(C)Cc1cccs1. The first-order chi connectivity index (χ1) is 12.2. The molecule has 0 amide bonds. The van der Waals surface area contributed by atoms with E-state index in [4.69, 9.17) is 0 Å². The van der Waals surface area contributed by atoms with E-state index in [1.807, 2.05) is 30.3 Å². The molecule has 0 saturated carbocycles. The summed E-state index contributed by atoms with van der Waals surface area (Å²) in [4.78, 5) is 5.65. The molecule has 0 fully saturated rings. The van der Waals surface area contributed by atoms with Gasteiger partial charge < -0.3 is 10.6 Å². The van der Waals surface area contributed by atoms with Gasteiger partial charge in [-0.15, -0.1) is 11.3 Å². The highest BCUT2D eigenvalue weighted by Crippen LogP contribution is 2.13. The number of nitrogens with zero attached hydrogens (tertiary/aromatic N) is 1. The Morgan fingerprint density at radius 1 is 1.20 bits per heavy atom. The Morgan fingerprint density at radius 2 is 2.00 bits per heavy atom. The third-order valence-corrected chi connectivity index (χ3v) is 5.98. The zero-order valence-corrected chi connectivity index (χ0v) is 16.5. The lowest BCUT2D eigenvalue weighted by atomic mass is 10.1. The number of nitrogens with one attached hydrogen (secondary N) is 2. The van der Waals surface area contributed by atoms with Gasteiger partial charge in [0.1, 0.15) is 0 Å². The number of benzene rings is 1. The van der Waals surface area contributed by atoms with E-state index in [1.54, 1.807) is 18.4 Å². The Labute approximate surface area is 157 Å². The van der Waals surface area contributed by atoms with Crippen LogP contribution in [0.25, 0.3) is 0 Å². The molecule has 1 aromatic carbocycles. The van der Waals surface area contributed by atoms with Gasteiger partial charge in [-0.1, -0.05) is 43.3 Å². The van der Waals surface area contributed by atoms with Gasteiger partial charge in [0.2, 0.25) is 0 Å². The van der Waals surface area contributed by atoms with Crippen LogP contribution in [0.4, 0.5) is 0 Å². The van der Waals surface area contributed by atoms with E-state index < -0.39 is 10.8 Å². The molecule has 2 aromatic rings. The normalized spacial score (nSPS) is 14.1. The van der Waals surface area contributed by atoms with Crippen molar-refractivity contribution in [2.45, 2.75) is 19.1 Å². The monoisotopic (exact) mass is 377 g/mol. The molecule has 2 N–H and O–H groups in total. The van der Waals surface area contributed by atoms with Crippen LogP contribution in [0.5, 0.6) is 0 Å². The van der Waals surface area contributed by atoms with E-state index in [1.165, 1.54) is 4.88 Å². The topological polar surface area (TPSA) is 53.5 Å². The molecular weight excluding hydrogens is 350 g/mol. The molecule has 0 bridgehead atoms. The van der Waals surface area contributed by atoms with E-state index in [9.17, 15) is 4.21 Å². The minimum atomic E-state index is -0.868. The van der Waals surface area contributed by atoms with Crippen molar-refractivity contribution in [2.24, 2.45) is 10.9 Å². The number of hydrogen-bond acceptors (Lipinski definition) is 3. The van der Waals surface area contributed by atoms with E-state index in [0.717, 1.165) is 24.5 Å². The van der Waals surface area contributed by atoms with Crippen LogP contribution in [-0.4, -0.2) is 36.1 Å². The zero-order valence-electron chi connectivity index (χ0n) is 14.9. The highest BCUT2D eigenvalue weighted by atomic mass is 32.2. The predicted molar refractivity (Wildman–Crippen MR) is 110 cm³/mol. The lowest BCUT2D eigenvalue weighted by Crippen LogP contribution is -2.41. The van der Waals surface area contributed by atoms with E-state index in [-0.39, 0.29) is 0 Å². The van der Waals surface area contributed by atoms with Crippen molar-refractivity contribution in [1.82, 2.24) is 10.6 Å². The van der Waals surface area contributed by atoms with Crippen LogP contribution in [0.3, 0.4) is 0 Å². The first-order valence-corrected chi connectivity index (χ1v) is 10.9. The Bertz CT molecular complexity index is 657. The van der Waals surface area contributed by atoms with Gasteiger partial charge in [-0.25, -0.2) is 0 Å². The van der Waals surface area contributed by atoms with Gasteiger partial charge in [0.15, 0.2) is 5.96 Å². The molecule has 25 heavy (non-hydrogen) atoms. The van der Waals surface area contributed by atoms with Crippen LogP contribution in [0.15, 0.2) is 52.8 Å². The number of thiophene rings is 1. The van der Waals surface area contributed by atoms with Crippen molar-refractivity contribution in [2.75, 3.05) is 25.9 Å². The zero-order chi connectivity index (χ0) is 17.9. The summed E-state index contributed by atoms with van der Waals surface area (Å²) in [6.07, 6.45) is 1.07. The first kappa shape index (κ1) is 19.7. The Hall–Kier alpha value is -1.66. The van der Waals surface area contributed by atoms with Crippen LogP contribution in [-0.2, 0) is 23.0 Å². The average molecular weight is 378 g/mol. The van der Waals surface area contributed by atoms with Crippen LogP contribution in [0.2, 0.25) is 0 Å². The van der Waals surface area contributed by atoms with E-state index in [0.29, 0.717) is 24.0 Å². The molecule has 0 spiro atoms. The summed E-state index contributed by atoms with van der Waals surface area (Å²) in [6.45, 7) is 3.75. The lowest BCUT2D eigenvalue weighted by molar-refractivity contribution is 0.563. The first-order valence-electron chi connectivity index (χ1n) is 8.53. The van der Waals surface area contributed by atoms with Gasteiger partial charge in [-0.3, -0.25) is 9.20 Å². The summed E-state index contributed by atoms with van der Waals surface area (Å²) in [5.41, 5.74) is 1.12. The maximum absolute atomic E-state index is 12.1. The molecule has 4 nitrogen and oxygen atoms in total. The second-order valence-electron chi connectivity index (χ2n) is 6.04. The van der Waals surface area contributed by atoms with E-state index >= 15 is 0 Å². The largest absolute Gasteiger partial charge is 0.356 e. The maximum atomic E-state index is 12.1. The molecule has 0 aliphatic heterocycles. The number of guanidine groups is 1. The van der Waals surface area contributed by atoms with Crippen molar-refractivity contribution in [3.05, 3.63) is 58.3 Å². The molecule has 136 valence electrons. The molecule has 0 saturated heterocycles. The van der Waals surface area contributed by atoms with Gasteiger partial charge in [-0.2, -0.15) is 0 Å². The maximum Gasteiger partial charge on any atom is 0.191 e. The molecule has 0 aliphatic carbocycles. The third kappa shape index (κ3) is 7.84. The summed E-state index contributed by atoms with van der Waals surface area (Å²) in [5, 5.41) is 8.71. The Kier molecular flexibility index (Phi) is 8.69. The smallest absolute Gasteiger partial charge is 0.191 e. The van der Waals surface area contributed by atoms with Crippen molar-refractivity contribution in [3.63, 3.8) is 0 Å². The molecule has 2 unspecified atom stereocenters. The van der Waals surface area contributed by atoms with Gasteiger partial charge in [0, 0.05) is 47.3 Å². The van der Waals surface area contributed by atoms with Crippen molar-refractivity contribution < 1.29 is 4.21 Å². The fourth-order valence-electron chi connectivity index (χ4n) is 2.45. The van der Waals surface area contributed by atoms with Gasteiger partial charge >= 0.3 is 0 Å². The van der Waals surface area contributed by atoms with Crippen LogP contribution in [0.1, 0.15) is 17.4 Å². The third-order valence-electron chi connectivity index (χ3n) is 3.76. The fourth-order valence-corrected chi connectivity index (χ4v) is 4.36. The quantitative estimate of drug-likeness (QED) is 0.522. The molecular formula is C19H27N3OS2. The predicted octanol–water partition coefficient (Wildman–Crippen LogP) is 3.04. The minimum Gasteiger partial charge on any atom is -0.356 e. The molecule has 2 rings (SSSR count).